The van der Waals surface area contributed by atoms with Crippen LogP contribution >= 0.6 is 0 Å². The fourth-order valence-corrected chi connectivity index (χ4v) is 1.48. The minimum Gasteiger partial charge on any atom is -0.300 e. The maximum absolute atomic E-state index is 11.2. The minimum atomic E-state index is 0.134. The summed E-state index contributed by atoms with van der Waals surface area (Å²) in [6, 6.07) is 0. The maximum atomic E-state index is 11.2. The number of likely N-dealkylation sites (tertiary alicyclic amines) is 1. The summed E-state index contributed by atoms with van der Waals surface area (Å²) in [6.45, 7) is 7.20. The third-order valence-corrected chi connectivity index (χ3v) is 2.41. The molecule has 0 unspecified atom stereocenters. The molecule has 0 saturated carbocycles. The lowest BCUT2D eigenvalue weighted by atomic mass is 10.1. The average molecular weight is 181 g/mol. The van der Waals surface area contributed by atoms with Crippen LogP contribution < -0.4 is 0 Å². The van der Waals surface area contributed by atoms with Crippen molar-refractivity contribution in [1.29, 1.82) is 0 Å². The zero-order valence-electron chi connectivity index (χ0n) is 8.62. The van der Waals surface area contributed by atoms with Crippen molar-refractivity contribution < 1.29 is 4.79 Å². The summed E-state index contributed by atoms with van der Waals surface area (Å²) in [5.74, 6) is 0.369. The molecular formula is C11H19NO. The molecule has 1 aliphatic rings. The Hall–Kier alpha value is -0.630. The van der Waals surface area contributed by atoms with Crippen molar-refractivity contribution in [3.63, 3.8) is 0 Å². The smallest absolute Gasteiger partial charge is 0.157 e. The zero-order valence-corrected chi connectivity index (χ0v) is 8.62. The van der Waals surface area contributed by atoms with Gasteiger partial charge in [-0.2, -0.15) is 0 Å². The molecule has 2 nitrogen and oxygen atoms in total. The van der Waals surface area contributed by atoms with E-state index >= 15 is 0 Å². The van der Waals surface area contributed by atoms with Gasteiger partial charge in [0.1, 0.15) is 0 Å². The van der Waals surface area contributed by atoms with Gasteiger partial charge in [-0.1, -0.05) is 19.9 Å². The molecular weight excluding hydrogens is 162 g/mol. The van der Waals surface area contributed by atoms with Crippen molar-refractivity contribution in [1.82, 2.24) is 4.90 Å². The largest absolute Gasteiger partial charge is 0.300 e. The van der Waals surface area contributed by atoms with Crippen molar-refractivity contribution in [3.8, 4) is 0 Å². The number of rotatable bonds is 4. The van der Waals surface area contributed by atoms with Crippen LogP contribution in [0.25, 0.3) is 0 Å². The summed E-state index contributed by atoms with van der Waals surface area (Å²) in [4.78, 5) is 13.6. The third-order valence-electron chi connectivity index (χ3n) is 2.41. The fraction of sp³-hybridized carbons (Fsp3) is 0.727. The van der Waals surface area contributed by atoms with E-state index in [1.165, 1.54) is 25.9 Å². The van der Waals surface area contributed by atoms with Gasteiger partial charge in [0.05, 0.1) is 0 Å². The van der Waals surface area contributed by atoms with Gasteiger partial charge in [-0.05, 0) is 32.0 Å². The molecule has 13 heavy (non-hydrogen) atoms. The lowest BCUT2D eigenvalue weighted by molar-refractivity contribution is -0.117. The van der Waals surface area contributed by atoms with Crippen LogP contribution in [-0.2, 0) is 4.79 Å². The van der Waals surface area contributed by atoms with Crippen LogP contribution in [0.2, 0.25) is 0 Å². The van der Waals surface area contributed by atoms with Crippen LogP contribution in [0, 0.1) is 5.92 Å². The van der Waals surface area contributed by atoms with E-state index in [4.69, 9.17) is 0 Å². The first-order valence-electron chi connectivity index (χ1n) is 5.13. The van der Waals surface area contributed by atoms with Gasteiger partial charge in [-0.25, -0.2) is 0 Å². The Balaban J connectivity index is 2.20. The average Bonchev–Trinajstić information content (AvgIpc) is 2.56. The molecule has 0 bridgehead atoms. The number of carbonyl (C=O) groups excluding carboxylic acids is 1. The Morgan fingerprint density at radius 2 is 2.00 bits per heavy atom. The van der Waals surface area contributed by atoms with E-state index < -0.39 is 0 Å². The Bertz CT molecular complexity index is 190. The molecule has 0 amide bonds. The van der Waals surface area contributed by atoms with Gasteiger partial charge < -0.3 is 0 Å². The first kappa shape index (κ1) is 10.5. The van der Waals surface area contributed by atoms with Crippen LogP contribution in [0.4, 0.5) is 0 Å². The van der Waals surface area contributed by atoms with E-state index in [1.807, 2.05) is 19.9 Å². The first-order chi connectivity index (χ1) is 6.20. The maximum Gasteiger partial charge on any atom is 0.157 e. The summed E-state index contributed by atoms with van der Waals surface area (Å²) in [5.41, 5.74) is 0. The van der Waals surface area contributed by atoms with Crippen molar-refractivity contribution in [2.75, 3.05) is 19.6 Å². The predicted molar refractivity (Wildman–Crippen MR) is 54.7 cm³/mol. The van der Waals surface area contributed by atoms with Gasteiger partial charge >= 0.3 is 0 Å². The second kappa shape index (κ2) is 5.18. The summed E-state index contributed by atoms with van der Waals surface area (Å²) >= 11 is 0. The molecule has 0 radical (unpaired) electrons. The molecule has 0 aromatic heterocycles. The van der Waals surface area contributed by atoms with Crippen LogP contribution in [0.5, 0.6) is 0 Å². The van der Waals surface area contributed by atoms with E-state index in [2.05, 4.69) is 4.90 Å². The van der Waals surface area contributed by atoms with Crippen LogP contribution in [0.15, 0.2) is 12.2 Å². The topological polar surface area (TPSA) is 20.3 Å². The van der Waals surface area contributed by atoms with Gasteiger partial charge in [0.25, 0.3) is 0 Å². The van der Waals surface area contributed by atoms with Crippen molar-refractivity contribution >= 4 is 5.78 Å². The monoisotopic (exact) mass is 181 g/mol. The standard InChI is InChI=1S/C11H19NO/c1-10(2)11(13)6-5-9-12-7-3-4-8-12/h5-6,10H,3-4,7-9H2,1-2H3/b6-5+. The summed E-state index contributed by atoms with van der Waals surface area (Å²) in [5, 5.41) is 0. The third kappa shape index (κ3) is 3.73. The number of allylic oxidation sites excluding steroid dienone is 1. The fourth-order valence-electron chi connectivity index (χ4n) is 1.48. The molecule has 0 aliphatic carbocycles. The molecule has 0 spiro atoms. The highest BCUT2D eigenvalue weighted by molar-refractivity contribution is 5.91. The number of hydrogen-bond acceptors (Lipinski definition) is 2. The zero-order chi connectivity index (χ0) is 9.68. The number of ketones is 1. The van der Waals surface area contributed by atoms with E-state index in [0.29, 0.717) is 0 Å². The highest BCUT2D eigenvalue weighted by Crippen LogP contribution is 2.06. The molecule has 1 rings (SSSR count). The Morgan fingerprint density at radius 3 is 2.54 bits per heavy atom. The molecule has 0 atom stereocenters. The molecule has 0 N–H and O–H groups in total. The molecule has 1 fully saturated rings. The van der Waals surface area contributed by atoms with Crippen LogP contribution in [0.3, 0.4) is 0 Å². The lowest BCUT2D eigenvalue weighted by Gasteiger charge is -2.10. The normalized spacial score (nSPS) is 19.0. The molecule has 1 saturated heterocycles. The van der Waals surface area contributed by atoms with Crippen molar-refractivity contribution in [3.05, 3.63) is 12.2 Å². The molecule has 2 heteroatoms. The molecule has 0 aromatic rings. The Kier molecular flexibility index (Phi) is 4.16. The number of hydrogen-bond donors (Lipinski definition) is 0. The summed E-state index contributed by atoms with van der Waals surface area (Å²) < 4.78 is 0. The van der Waals surface area contributed by atoms with E-state index in [1.54, 1.807) is 6.08 Å². The van der Waals surface area contributed by atoms with Crippen molar-refractivity contribution in [2.45, 2.75) is 26.7 Å². The second-order valence-electron chi connectivity index (χ2n) is 3.97. The SMILES string of the molecule is CC(C)C(=O)/C=C/CN1CCCC1. The van der Waals surface area contributed by atoms with Gasteiger partial charge in [-0.15, -0.1) is 0 Å². The van der Waals surface area contributed by atoms with Crippen molar-refractivity contribution in [2.24, 2.45) is 5.92 Å². The van der Waals surface area contributed by atoms with Gasteiger partial charge in [0.15, 0.2) is 5.78 Å². The highest BCUT2D eigenvalue weighted by atomic mass is 16.1. The summed E-state index contributed by atoms with van der Waals surface area (Å²) in [6.07, 6.45) is 6.34. The van der Waals surface area contributed by atoms with Gasteiger partial charge in [-0.3, -0.25) is 9.69 Å². The quantitative estimate of drug-likeness (QED) is 0.617. The van der Waals surface area contributed by atoms with Gasteiger partial charge in [0, 0.05) is 12.5 Å². The van der Waals surface area contributed by atoms with Crippen LogP contribution in [-0.4, -0.2) is 30.3 Å². The Morgan fingerprint density at radius 1 is 1.38 bits per heavy atom. The molecule has 0 aromatic carbocycles. The number of carbonyl (C=O) groups is 1. The lowest BCUT2D eigenvalue weighted by Crippen LogP contribution is -2.19. The van der Waals surface area contributed by atoms with Gasteiger partial charge in [0.2, 0.25) is 0 Å². The Labute approximate surface area is 80.6 Å². The van der Waals surface area contributed by atoms with Crippen LogP contribution in [0.1, 0.15) is 26.7 Å². The number of nitrogens with zero attached hydrogens (tertiary/aromatic N) is 1. The van der Waals surface area contributed by atoms with E-state index in [9.17, 15) is 4.79 Å². The second-order valence-corrected chi connectivity index (χ2v) is 3.97. The van der Waals surface area contributed by atoms with E-state index in [0.717, 1.165) is 6.54 Å². The molecule has 1 aliphatic heterocycles. The predicted octanol–water partition coefficient (Wildman–Crippen LogP) is 1.86. The molecule has 74 valence electrons. The first-order valence-corrected chi connectivity index (χ1v) is 5.13. The summed E-state index contributed by atoms with van der Waals surface area (Å²) in [7, 11) is 0. The minimum absolute atomic E-state index is 0.134. The highest BCUT2D eigenvalue weighted by Gasteiger charge is 2.09. The molecule has 1 heterocycles. The van der Waals surface area contributed by atoms with E-state index in [-0.39, 0.29) is 11.7 Å².